The molecule has 2 N–H and O–H groups in total. The summed E-state index contributed by atoms with van der Waals surface area (Å²) >= 11 is 0. The minimum Gasteiger partial charge on any atom is -0.480 e. The zero-order chi connectivity index (χ0) is 17.3. The summed E-state index contributed by atoms with van der Waals surface area (Å²) in [5.74, 6) is -1.47. The smallest absolute Gasteiger partial charge is 0.319 e. The summed E-state index contributed by atoms with van der Waals surface area (Å²) in [6.07, 6.45) is 6.64. The lowest BCUT2D eigenvalue weighted by Crippen LogP contribution is -2.56. The molecule has 1 unspecified atom stereocenters. The number of hydrogen-bond donors (Lipinski definition) is 2. The third-order valence-electron chi connectivity index (χ3n) is 4.66. The Labute approximate surface area is 139 Å². The van der Waals surface area contributed by atoms with E-state index in [9.17, 15) is 19.5 Å². The summed E-state index contributed by atoms with van der Waals surface area (Å²) in [7, 11) is 1.76. The van der Waals surface area contributed by atoms with E-state index in [0.29, 0.717) is 25.2 Å². The number of carbonyl (C=O) groups excluding carboxylic acids is 2. The molecular formula is C16H20N4O4. The third-order valence-corrected chi connectivity index (χ3v) is 4.66. The van der Waals surface area contributed by atoms with Crippen LogP contribution in [0, 0.1) is 5.41 Å². The first-order valence-electron chi connectivity index (χ1n) is 7.94. The number of carboxylic acids is 1. The van der Waals surface area contributed by atoms with Crippen LogP contribution in [0.3, 0.4) is 0 Å². The van der Waals surface area contributed by atoms with Gasteiger partial charge in [-0.3, -0.25) is 24.0 Å². The minimum atomic E-state index is -1.49. The Morgan fingerprint density at radius 2 is 2.08 bits per heavy atom. The first kappa shape index (κ1) is 16.2. The van der Waals surface area contributed by atoms with Gasteiger partial charge in [-0.2, -0.15) is 5.10 Å². The maximum atomic E-state index is 12.7. The Balaban J connectivity index is 1.74. The fourth-order valence-electron chi connectivity index (χ4n) is 3.19. The summed E-state index contributed by atoms with van der Waals surface area (Å²) in [5.41, 5.74) is -1.49. The molecule has 1 aromatic rings. The van der Waals surface area contributed by atoms with Crippen LogP contribution in [0.2, 0.25) is 0 Å². The molecule has 3 rings (SSSR count). The minimum absolute atomic E-state index is 0.152. The molecule has 1 fully saturated rings. The Kier molecular flexibility index (Phi) is 4.13. The number of aromatic nitrogens is 2. The number of rotatable bonds is 4. The second-order valence-corrected chi connectivity index (χ2v) is 6.27. The molecule has 8 nitrogen and oxygen atoms in total. The fourth-order valence-corrected chi connectivity index (χ4v) is 3.19. The number of piperidine rings is 1. The molecule has 2 aliphatic rings. The molecule has 0 spiro atoms. The molecule has 0 aromatic carbocycles. The molecule has 0 radical (unpaired) electrons. The van der Waals surface area contributed by atoms with Crippen LogP contribution in [-0.2, 0) is 21.4 Å². The van der Waals surface area contributed by atoms with Crippen molar-refractivity contribution < 1.29 is 19.5 Å². The number of aliphatic carboxylic acids is 1. The van der Waals surface area contributed by atoms with Crippen molar-refractivity contribution in [2.45, 2.75) is 31.7 Å². The Bertz CT molecular complexity index is 701. The molecule has 2 heterocycles. The normalized spacial score (nSPS) is 22.6. The molecular weight excluding hydrogens is 312 g/mol. The van der Waals surface area contributed by atoms with E-state index in [1.165, 1.54) is 4.90 Å². The number of aryl methyl sites for hydroxylation is 1. The fraction of sp³-hybridized carbons (Fsp3) is 0.500. The highest BCUT2D eigenvalue weighted by atomic mass is 16.4. The Hall–Kier alpha value is -2.64. The van der Waals surface area contributed by atoms with Crippen molar-refractivity contribution in [2.75, 3.05) is 11.4 Å². The summed E-state index contributed by atoms with van der Waals surface area (Å²) in [5, 5.41) is 16.3. The summed E-state index contributed by atoms with van der Waals surface area (Å²) in [6.45, 7) is 0.536. The molecule has 2 amide bonds. The van der Waals surface area contributed by atoms with Crippen LogP contribution in [0.15, 0.2) is 24.4 Å². The van der Waals surface area contributed by atoms with Crippen molar-refractivity contribution in [1.82, 2.24) is 15.1 Å². The van der Waals surface area contributed by atoms with Gasteiger partial charge in [0.25, 0.3) is 5.91 Å². The van der Waals surface area contributed by atoms with Gasteiger partial charge in [0.05, 0.1) is 0 Å². The predicted octanol–water partition coefficient (Wildman–Crippen LogP) is 0.453. The standard InChI is InChI=1S/C16H20N4O4/c1-19-10-6-12(18-19)20-9-4-5-11(13(20)21)17-14(22)16(15(23)24)7-2-3-8-16/h2-3,6,10-11H,4-5,7-9H2,1H3,(H,17,22)(H,23,24). The van der Waals surface area contributed by atoms with Gasteiger partial charge in [-0.05, 0) is 25.7 Å². The lowest BCUT2D eigenvalue weighted by molar-refractivity contribution is -0.156. The van der Waals surface area contributed by atoms with Crippen LogP contribution in [-0.4, -0.2) is 45.3 Å². The number of allylic oxidation sites excluding steroid dienone is 2. The first-order chi connectivity index (χ1) is 11.4. The number of nitrogens with one attached hydrogen (secondary N) is 1. The summed E-state index contributed by atoms with van der Waals surface area (Å²) in [4.78, 5) is 38.3. The first-order valence-corrected chi connectivity index (χ1v) is 7.94. The molecule has 1 aliphatic carbocycles. The van der Waals surface area contributed by atoms with E-state index in [1.54, 1.807) is 36.1 Å². The number of nitrogens with zero attached hydrogens (tertiary/aromatic N) is 3. The second kappa shape index (κ2) is 6.10. The van der Waals surface area contributed by atoms with Gasteiger partial charge in [0.1, 0.15) is 6.04 Å². The topological polar surface area (TPSA) is 105 Å². The van der Waals surface area contributed by atoms with Crippen LogP contribution in [0.25, 0.3) is 0 Å². The average Bonchev–Trinajstić information content (AvgIpc) is 3.19. The molecule has 24 heavy (non-hydrogen) atoms. The zero-order valence-electron chi connectivity index (χ0n) is 13.4. The van der Waals surface area contributed by atoms with Gasteiger partial charge < -0.3 is 10.4 Å². The number of amides is 2. The summed E-state index contributed by atoms with van der Waals surface area (Å²) in [6, 6.07) is 1.02. The molecule has 0 bridgehead atoms. The zero-order valence-corrected chi connectivity index (χ0v) is 13.4. The van der Waals surface area contributed by atoms with E-state index in [2.05, 4.69) is 10.4 Å². The van der Waals surface area contributed by atoms with E-state index >= 15 is 0 Å². The van der Waals surface area contributed by atoms with E-state index in [0.717, 1.165) is 0 Å². The highest BCUT2D eigenvalue weighted by Gasteiger charge is 2.48. The van der Waals surface area contributed by atoms with E-state index in [1.807, 2.05) is 0 Å². The van der Waals surface area contributed by atoms with Crippen LogP contribution in [0.1, 0.15) is 25.7 Å². The van der Waals surface area contributed by atoms with Gasteiger partial charge in [-0.1, -0.05) is 12.2 Å². The lowest BCUT2D eigenvalue weighted by atomic mass is 9.84. The third kappa shape index (κ3) is 2.68. The van der Waals surface area contributed by atoms with E-state index in [4.69, 9.17) is 0 Å². The maximum absolute atomic E-state index is 12.7. The molecule has 8 heteroatoms. The number of anilines is 1. The largest absolute Gasteiger partial charge is 0.480 e. The van der Waals surface area contributed by atoms with E-state index < -0.39 is 23.3 Å². The quantitative estimate of drug-likeness (QED) is 0.615. The number of hydrogen-bond acceptors (Lipinski definition) is 4. The Morgan fingerprint density at radius 3 is 2.67 bits per heavy atom. The van der Waals surface area contributed by atoms with Gasteiger partial charge in [-0.15, -0.1) is 0 Å². The van der Waals surface area contributed by atoms with Crippen molar-refractivity contribution in [3.63, 3.8) is 0 Å². The van der Waals surface area contributed by atoms with Crippen LogP contribution in [0.4, 0.5) is 5.82 Å². The monoisotopic (exact) mass is 332 g/mol. The van der Waals surface area contributed by atoms with Crippen LogP contribution in [0.5, 0.6) is 0 Å². The average molecular weight is 332 g/mol. The van der Waals surface area contributed by atoms with Gasteiger partial charge >= 0.3 is 5.97 Å². The Morgan fingerprint density at radius 1 is 1.38 bits per heavy atom. The van der Waals surface area contributed by atoms with Crippen molar-refractivity contribution in [2.24, 2.45) is 12.5 Å². The van der Waals surface area contributed by atoms with E-state index in [-0.39, 0.29) is 18.7 Å². The number of carbonyl (C=O) groups is 3. The lowest BCUT2D eigenvalue weighted by Gasteiger charge is -2.33. The van der Waals surface area contributed by atoms with Crippen molar-refractivity contribution in [1.29, 1.82) is 0 Å². The van der Waals surface area contributed by atoms with Crippen LogP contribution >= 0.6 is 0 Å². The molecule has 128 valence electrons. The maximum Gasteiger partial charge on any atom is 0.319 e. The molecule has 1 saturated heterocycles. The highest BCUT2D eigenvalue weighted by molar-refractivity contribution is 6.06. The summed E-state index contributed by atoms with van der Waals surface area (Å²) < 4.78 is 1.61. The SMILES string of the molecule is Cn1ccc(N2CCCC(NC(=O)C3(C(=O)O)CC=CC3)C2=O)n1. The van der Waals surface area contributed by atoms with Crippen molar-refractivity contribution in [3.05, 3.63) is 24.4 Å². The highest BCUT2D eigenvalue weighted by Crippen LogP contribution is 2.34. The van der Waals surface area contributed by atoms with Gasteiger partial charge in [0, 0.05) is 25.9 Å². The molecule has 0 saturated carbocycles. The predicted molar refractivity (Wildman–Crippen MR) is 85.2 cm³/mol. The molecule has 1 atom stereocenters. The molecule has 1 aromatic heterocycles. The molecule has 1 aliphatic heterocycles. The number of carboxylic acid groups (broad SMARTS) is 1. The van der Waals surface area contributed by atoms with Crippen molar-refractivity contribution >= 4 is 23.6 Å². The van der Waals surface area contributed by atoms with Gasteiger partial charge in [0.15, 0.2) is 11.2 Å². The van der Waals surface area contributed by atoms with Gasteiger partial charge in [0.2, 0.25) is 5.91 Å². The van der Waals surface area contributed by atoms with Crippen LogP contribution < -0.4 is 10.2 Å². The second-order valence-electron chi connectivity index (χ2n) is 6.27. The van der Waals surface area contributed by atoms with Crippen molar-refractivity contribution in [3.8, 4) is 0 Å². The van der Waals surface area contributed by atoms with Gasteiger partial charge in [-0.25, -0.2) is 0 Å².